The van der Waals surface area contributed by atoms with E-state index in [2.05, 4.69) is 23.2 Å². The van der Waals surface area contributed by atoms with Gasteiger partial charge in [-0.05, 0) is 36.5 Å². The minimum atomic E-state index is -0.307. The smallest absolute Gasteiger partial charge is 0.224 e. The molecule has 108 valence electrons. The molecule has 0 saturated carbocycles. The van der Waals surface area contributed by atoms with Crippen LogP contribution < -0.4 is 16.0 Å². The summed E-state index contributed by atoms with van der Waals surface area (Å²) in [5, 5.41) is 12.9. The Morgan fingerprint density at radius 3 is 2.95 bits per heavy atom. The van der Waals surface area contributed by atoms with E-state index in [0.717, 1.165) is 36.3 Å². The van der Waals surface area contributed by atoms with Crippen LogP contribution >= 0.6 is 0 Å². The van der Waals surface area contributed by atoms with E-state index in [9.17, 15) is 9.90 Å². The number of β-amino-alcohol motifs (C(OH)–C–C–N with tert-alkyl or cyclic N) is 1. The van der Waals surface area contributed by atoms with Crippen LogP contribution in [0.2, 0.25) is 0 Å². The number of piperidine rings is 1. The van der Waals surface area contributed by atoms with Crippen molar-refractivity contribution in [2.24, 2.45) is 5.92 Å². The zero-order valence-electron chi connectivity index (χ0n) is 11.7. The van der Waals surface area contributed by atoms with Crippen LogP contribution in [0.1, 0.15) is 25.3 Å². The van der Waals surface area contributed by atoms with Crippen LogP contribution in [0.15, 0.2) is 12.1 Å². The Bertz CT molecular complexity index is 544. The molecular formula is C15H21N3O2. The van der Waals surface area contributed by atoms with E-state index in [0.29, 0.717) is 24.6 Å². The van der Waals surface area contributed by atoms with E-state index in [4.69, 9.17) is 5.73 Å². The molecule has 0 aliphatic carbocycles. The minimum absolute atomic E-state index is 0.0480. The van der Waals surface area contributed by atoms with E-state index in [1.165, 1.54) is 0 Å². The molecule has 2 atom stereocenters. The van der Waals surface area contributed by atoms with Crippen LogP contribution in [0.3, 0.4) is 0 Å². The average Bonchev–Trinajstić information content (AvgIpc) is 2.41. The number of hydrogen-bond acceptors (Lipinski definition) is 4. The predicted molar refractivity (Wildman–Crippen MR) is 79.8 cm³/mol. The molecule has 0 aromatic heterocycles. The number of amides is 1. The van der Waals surface area contributed by atoms with Crippen LogP contribution in [-0.2, 0) is 11.2 Å². The molecule has 5 nitrogen and oxygen atoms in total. The molecule has 1 saturated heterocycles. The molecule has 1 aromatic rings. The summed E-state index contributed by atoms with van der Waals surface area (Å²) in [7, 11) is 0. The Kier molecular flexibility index (Phi) is 3.30. The third kappa shape index (κ3) is 2.33. The summed E-state index contributed by atoms with van der Waals surface area (Å²) in [6.07, 6.45) is 1.94. The van der Waals surface area contributed by atoms with Gasteiger partial charge in [0.25, 0.3) is 0 Å². The molecule has 0 bridgehead atoms. The third-order valence-electron chi connectivity index (χ3n) is 4.41. The summed E-state index contributed by atoms with van der Waals surface area (Å²) in [6.45, 7) is 3.61. The average molecular weight is 275 g/mol. The van der Waals surface area contributed by atoms with Crippen LogP contribution in [0, 0.1) is 5.92 Å². The predicted octanol–water partition coefficient (Wildman–Crippen LogP) is 1.36. The number of fused-ring (bicyclic) bond motifs is 1. The van der Waals surface area contributed by atoms with Gasteiger partial charge in [-0.3, -0.25) is 4.79 Å². The SMILES string of the molecule is CC1CCN(c2cc3c(cc2N)NC(=O)CC3)CC1O. The lowest BCUT2D eigenvalue weighted by molar-refractivity contribution is -0.116. The molecule has 0 spiro atoms. The van der Waals surface area contributed by atoms with Crippen molar-refractivity contribution in [3.8, 4) is 0 Å². The molecule has 2 unspecified atom stereocenters. The molecule has 1 amide bonds. The fraction of sp³-hybridized carbons (Fsp3) is 0.533. The first kappa shape index (κ1) is 13.2. The number of nitrogens with zero attached hydrogens (tertiary/aromatic N) is 1. The number of anilines is 3. The van der Waals surface area contributed by atoms with Gasteiger partial charge in [0.05, 0.1) is 17.5 Å². The molecule has 2 aliphatic rings. The van der Waals surface area contributed by atoms with Crippen molar-refractivity contribution in [3.63, 3.8) is 0 Å². The lowest BCUT2D eigenvalue weighted by atomic mass is 9.94. The second-order valence-corrected chi connectivity index (χ2v) is 5.90. The number of nitrogens with one attached hydrogen (secondary N) is 1. The number of aryl methyl sites for hydroxylation is 1. The molecule has 20 heavy (non-hydrogen) atoms. The molecule has 3 rings (SSSR count). The van der Waals surface area contributed by atoms with E-state index in [1.54, 1.807) is 0 Å². The van der Waals surface area contributed by atoms with Gasteiger partial charge in [0.2, 0.25) is 5.91 Å². The fourth-order valence-electron chi connectivity index (χ4n) is 2.97. The topological polar surface area (TPSA) is 78.6 Å². The van der Waals surface area contributed by atoms with Crippen molar-refractivity contribution in [2.45, 2.75) is 32.3 Å². The number of benzene rings is 1. The monoisotopic (exact) mass is 275 g/mol. The number of nitrogen functional groups attached to an aromatic ring is 1. The lowest BCUT2D eigenvalue weighted by Crippen LogP contribution is -2.43. The standard InChI is InChI=1S/C15H21N3O2/c1-9-4-5-18(8-14(9)19)13-6-10-2-3-15(20)17-12(10)7-11(13)16/h6-7,9,14,19H,2-5,8,16H2,1H3,(H,17,20). The fourth-order valence-corrected chi connectivity index (χ4v) is 2.97. The quantitative estimate of drug-likeness (QED) is 0.676. The Labute approximate surface area is 118 Å². The van der Waals surface area contributed by atoms with E-state index >= 15 is 0 Å². The van der Waals surface area contributed by atoms with Gasteiger partial charge in [0.15, 0.2) is 0 Å². The zero-order chi connectivity index (χ0) is 14.3. The molecule has 2 heterocycles. The Morgan fingerprint density at radius 1 is 1.40 bits per heavy atom. The maximum absolute atomic E-state index is 11.4. The number of aliphatic hydroxyl groups is 1. The van der Waals surface area contributed by atoms with Crippen LogP contribution in [0.4, 0.5) is 17.1 Å². The van der Waals surface area contributed by atoms with Gasteiger partial charge in [0.1, 0.15) is 0 Å². The Balaban J connectivity index is 1.89. The summed E-state index contributed by atoms with van der Waals surface area (Å²) in [5.41, 5.74) is 9.72. The van der Waals surface area contributed by atoms with Crippen molar-refractivity contribution in [1.29, 1.82) is 0 Å². The number of carbonyl (C=O) groups is 1. The van der Waals surface area contributed by atoms with Crippen molar-refractivity contribution in [3.05, 3.63) is 17.7 Å². The molecule has 1 aromatic carbocycles. The summed E-state index contributed by atoms with van der Waals surface area (Å²) in [4.78, 5) is 13.6. The van der Waals surface area contributed by atoms with Crippen LogP contribution in [-0.4, -0.2) is 30.2 Å². The largest absolute Gasteiger partial charge is 0.397 e. The number of nitrogens with two attached hydrogens (primary N) is 1. The second kappa shape index (κ2) is 4.98. The van der Waals surface area contributed by atoms with Gasteiger partial charge in [-0.1, -0.05) is 6.92 Å². The lowest BCUT2D eigenvalue weighted by Gasteiger charge is -2.37. The van der Waals surface area contributed by atoms with Crippen molar-refractivity contribution in [1.82, 2.24) is 0 Å². The van der Waals surface area contributed by atoms with Crippen molar-refractivity contribution in [2.75, 3.05) is 29.0 Å². The summed E-state index contributed by atoms with van der Waals surface area (Å²) >= 11 is 0. The first-order valence-corrected chi connectivity index (χ1v) is 7.20. The molecule has 5 heteroatoms. The van der Waals surface area contributed by atoms with Gasteiger partial charge in [-0.2, -0.15) is 0 Å². The first-order valence-electron chi connectivity index (χ1n) is 7.20. The highest BCUT2D eigenvalue weighted by molar-refractivity contribution is 5.95. The first-order chi connectivity index (χ1) is 9.54. The van der Waals surface area contributed by atoms with Gasteiger partial charge in [-0.15, -0.1) is 0 Å². The summed E-state index contributed by atoms with van der Waals surface area (Å²) in [5.74, 6) is 0.385. The zero-order valence-corrected chi connectivity index (χ0v) is 11.7. The number of hydrogen-bond donors (Lipinski definition) is 3. The van der Waals surface area contributed by atoms with E-state index < -0.39 is 0 Å². The Hall–Kier alpha value is -1.75. The summed E-state index contributed by atoms with van der Waals surface area (Å²) < 4.78 is 0. The molecule has 1 fully saturated rings. The molecule has 2 aliphatic heterocycles. The highest BCUT2D eigenvalue weighted by Gasteiger charge is 2.26. The molecular weight excluding hydrogens is 254 g/mol. The normalized spacial score (nSPS) is 26.1. The highest BCUT2D eigenvalue weighted by atomic mass is 16.3. The minimum Gasteiger partial charge on any atom is -0.397 e. The van der Waals surface area contributed by atoms with Gasteiger partial charge in [0, 0.05) is 25.2 Å². The molecule has 0 radical (unpaired) electrons. The Morgan fingerprint density at radius 2 is 2.20 bits per heavy atom. The van der Waals surface area contributed by atoms with Gasteiger partial charge < -0.3 is 21.1 Å². The maximum Gasteiger partial charge on any atom is 0.224 e. The van der Waals surface area contributed by atoms with Crippen LogP contribution in [0.25, 0.3) is 0 Å². The van der Waals surface area contributed by atoms with E-state index in [1.807, 2.05) is 6.07 Å². The van der Waals surface area contributed by atoms with Crippen molar-refractivity contribution < 1.29 is 9.90 Å². The van der Waals surface area contributed by atoms with Gasteiger partial charge >= 0.3 is 0 Å². The third-order valence-corrected chi connectivity index (χ3v) is 4.41. The summed E-state index contributed by atoms with van der Waals surface area (Å²) in [6, 6.07) is 3.90. The number of carbonyl (C=O) groups excluding carboxylic acids is 1. The van der Waals surface area contributed by atoms with Crippen molar-refractivity contribution >= 4 is 23.0 Å². The second-order valence-electron chi connectivity index (χ2n) is 5.90. The van der Waals surface area contributed by atoms with Gasteiger partial charge in [-0.25, -0.2) is 0 Å². The molecule has 4 N–H and O–H groups in total. The van der Waals surface area contributed by atoms with Crippen LogP contribution in [0.5, 0.6) is 0 Å². The maximum atomic E-state index is 11.4. The number of aliphatic hydroxyl groups excluding tert-OH is 1. The van der Waals surface area contributed by atoms with E-state index in [-0.39, 0.29) is 12.0 Å². The number of rotatable bonds is 1. The highest BCUT2D eigenvalue weighted by Crippen LogP contribution is 2.35.